The topological polar surface area (TPSA) is 77.0 Å². The Morgan fingerprint density at radius 1 is 1.48 bits per heavy atom. The zero-order valence-corrected chi connectivity index (χ0v) is 13.0. The molecule has 110 valence electrons. The van der Waals surface area contributed by atoms with Crippen LogP contribution in [0.5, 0.6) is 5.88 Å². The molecule has 1 amide bonds. The number of rotatable bonds is 4. The molecule has 2 aromatic rings. The minimum Gasteiger partial charge on any atom is -0.473 e. The summed E-state index contributed by atoms with van der Waals surface area (Å²) in [6.07, 6.45) is 2.74. The van der Waals surface area contributed by atoms with E-state index in [9.17, 15) is 4.79 Å². The van der Waals surface area contributed by atoms with Crippen LogP contribution >= 0.6 is 23.1 Å². The lowest BCUT2D eigenvalue weighted by Crippen LogP contribution is -2.20. The molecule has 1 saturated heterocycles. The number of ether oxygens (including phenoxy) is 1. The minimum atomic E-state index is -0.278. The number of nitrogens with one attached hydrogen (secondary N) is 1. The standard InChI is InChI=1S/C13H14N4O2S2/c1-8-16-17-13(21-8)15-11(18)10-3-2-5-14-12(10)19-9-4-6-20-7-9/h2-3,5,9H,4,6-7H2,1H3,(H,15,17,18)/t9-/m0/s1. The third-order valence-corrected chi connectivity index (χ3v) is 4.81. The van der Waals surface area contributed by atoms with Gasteiger partial charge in [-0.05, 0) is 31.2 Å². The molecule has 1 fully saturated rings. The van der Waals surface area contributed by atoms with Crippen LogP contribution in [-0.4, -0.2) is 38.7 Å². The van der Waals surface area contributed by atoms with Gasteiger partial charge in [-0.15, -0.1) is 10.2 Å². The molecule has 0 spiro atoms. The fourth-order valence-corrected chi connectivity index (χ4v) is 3.61. The predicted molar refractivity (Wildman–Crippen MR) is 83.2 cm³/mol. The van der Waals surface area contributed by atoms with Crippen molar-refractivity contribution in [3.8, 4) is 5.88 Å². The molecule has 0 aromatic carbocycles. The number of aromatic nitrogens is 3. The Kier molecular flexibility index (Phi) is 4.35. The smallest absolute Gasteiger partial charge is 0.262 e. The summed E-state index contributed by atoms with van der Waals surface area (Å²) in [4.78, 5) is 16.5. The first-order valence-corrected chi connectivity index (χ1v) is 8.50. The summed E-state index contributed by atoms with van der Waals surface area (Å²) in [7, 11) is 0. The summed E-state index contributed by atoms with van der Waals surface area (Å²) in [6, 6.07) is 3.42. The summed E-state index contributed by atoms with van der Waals surface area (Å²) < 4.78 is 5.85. The number of carbonyl (C=O) groups is 1. The number of hydrogen-bond donors (Lipinski definition) is 1. The van der Waals surface area contributed by atoms with E-state index in [0.29, 0.717) is 16.6 Å². The lowest BCUT2D eigenvalue weighted by Gasteiger charge is -2.14. The third kappa shape index (κ3) is 3.51. The normalized spacial score (nSPS) is 17.7. The molecule has 3 rings (SSSR count). The molecule has 0 saturated carbocycles. The quantitative estimate of drug-likeness (QED) is 0.931. The molecule has 1 aliphatic rings. The lowest BCUT2D eigenvalue weighted by molar-refractivity contribution is 0.101. The van der Waals surface area contributed by atoms with Crippen LogP contribution < -0.4 is 10.1 Å². The van der Waals surface area contributed by atoms with E-state index in [1.54, 1.807) is 18.3 Å². The lowest BCUT2D eigenvalue weighted by atomic mass is 10.2. The van der Waals surface area contributed by atoms with Gasteiger partial charge in [0.2, 0.25) is 11.0 Å². The van der Waals surface area contributed by atoms with E-state index >= 15 is 0 Å². The molecule has 2 aromatic heterocycles. The monoisotopic (exact) mass is 322 g/mol. The average molecular weight is 322 g/mol. The van der Waals surface area contributed by atoms with Crippen molar-refractivity contribution in [2.45, 2.75) is 19.4 Å². The molecule has 3 heterocycles. The van der Waals surface area contributed by atoms with Gasteiger partial charge >= 0.3 is 0 Å². The van der Waals surface area contributed by atoms with Crippen molar-refractivity contribution in [2.24, 2.45) is 0 Å². The number of thioether (sulfide) groups is 1. The van der Waals surface area contributed by atoms with E-state index in [2.05, 4.69) is 20.5 Å². The molecule has 8 heteroatoms. The SMILES string of the molecule is Cc1nnc(NC(=O)c2cccnc2O[C@H]2CCSC2)s1. The van der Waals surface area contributed by atoms with Crippen LogP contribution in [0.1, 0.15) is 21.8 Å². The molecule has 1 N–H and O–H groups in total. The van der Waals surface area contributed by atoms with Crippen LogP contribution in [0.4, 0.5) is 5.13 Å². The highest BCUT2D eigenvalue weighted by Crippen LogP contribution is 2.25. The molecular formula is C13H14N4O2S2. The van der Waals surface area contributed by atoms with Gasteiger partial charge in [0.1, 0.15) is 16.7 Å². The first kappa shape index (κ1) is 14.3. The Balaban J connectivity index is 1.75. The first-order valence-electron chi connectivity index (χ1n) is 6.53. The Morgan fingerprint density at radius 2 is 2.38 bits per heavy atom. The van der Waals surface area contributed by atoms with Crippen LogP contribution in [0.2, 0.25) is 0 Å². The van der Waals surface area contributed by atoms with Crippen LogP contribution in [0.15, 0.2) is 18.3 Å². The summed E-state index contributed by atoms with van der Waals surface area (Å²) >= 11 is 3.18. The maximum atomic E-state index is 12.3. The van der Waals surface area contributed by atoms with Gasteiger partial charge in [0, 0.05) is 11.9 Å². The van der Waals surface area contributed by atoms with E-state index in [0.717, 1.165) is 22.9 Å². The van der Waals surface area contributed by atoms with Crippen molar-refractivity contribution in [3.05, 3.63) is 28.9 Å². The average Bonchev–Trinajstić information content (AvgIpc) is 3.11. The van der Waals surface area contributed by atoms with E-state index in [-0.39, 0.29) is 12.0 Å². The highest BCUT2D eigenvalue weighted by molar-refractivity contribution is 7.99. The molecule has 21 heavy (non-hydrogen) atoms. The molecule has 1 atom stereocenters. The van der Waals surface area contributed by atoms with E-state index in [1.807, 2.05) is 18.7 Å². The Hall–Kier alpha value is -1.67. The van der Waals surface area contributed by atoms with Gasteiger partial charge in [0.15, 0.2) is 0 Å². The fourth-order valence-electron chi connectivity index (χ4n) is 1.93. The van der Waals surface area contributed by atoms with Gasteiger partial charge in [-0.2, -0.15) is 11.8 Å². The van der Waals surface area contributed by atoms with Gasteiger partial charge in [-0.1, -0.05) is 11.3 Å². The van der Waals surface area contributed by atoms with Crippen LogP contribution in [-0.2, 0) is 0 Å². The zero-order valence-electron chi connectivity index (χ0n) is 11.4. The number of pyridine rings is 1. The predicted octanol–water partition coefficient (Wildman–Crippen LogP) is 2.38. The molecule has 0 unspecified atom stereocenters. The second-order valence-electron chi connectivity index (χ2n) is 4.54. The van der Waals surface area contributed by atoms with E-state index in [4.69, 9.17) is 4.74 Å². The number of carbonyl (C=O) groups excluding carboxylic acids is 1. The highest BCUT2D eigenvalue weighted by atomic mass is 32.2. The zero-order chi connectivity index (χ0) is 14.7. The fraction of sp³-hybridized carbons (Fsp3) is 0.385. The van der Waals surface area contributed by atoms with Gasteiger partial charge < -0.3 is 4.74 Å². The molecule has 0 aliphatic carbocycles. The van der Waals surface area contributed by atoms with Gasteiger partial charge in [0.05, 0.1) is 0 Å². The van der Waals surface area contributed by atoms with Crippen molar-refractivity contribution >= 4 is 34.1 Å². The second kappa shape index (κ2) is 6.40. The minimum absolute atomic E-state index is 0.125. The van der Waals surface area contributed by atoms with Crippen molar-refractivity contribution in [1.82, 2.24) is 15.2 Å². The van der Waals surface area contributed by atoms with Crippen molar-refractivity contribution < 1.29 is 9.53 Å². The highest BCUT2D eigenvalue weighted by Gasteiger charge is 2.21. The van der Waals surface area contributed by atoms with Crippen molar-refractivity contribution in [3.63, 3.8) is 0 Å². The maximum Gasteiger partial charge on any atom is 0.262 e. The molecule has 6 nitrogen and oxygen atoms in total. The van der Waals surface area contributed by atoms with Crippen molar-refractivity contribution in [1.29, 1.82) is 0 Å². The van der Waals surface area contributed by atoms with Gasteiger partial charge in [0.25, 0.3) is 5.91 Å². The van der Waals surface area contributed by atoms with Crippen molar-refractivity contribution in [2.75, 3.05) is 16.8 Å². The Bertz CT molecular complexity index is 641. The largest absolute Gasteiger partial charge is 0.473 e. The number of aryl methyl sites for hydroxylation is 1. The summed E-state index contributed by atoms with van der Waals surface area (Å²) in [5.74, 6) is 2.12. The molecule has 0 bridgehead atoms. The number of hydrogen-bond acceptors (Lipinski definition) is 7. The number of anilines is 1. The van der Waals surface area contributed by atoms with Gasteiger partial charge in [-0.3, -0.25) is 10.1 Å². The molecule has 1 aliphatic heterocycles. The number of nitrogens with zero attached hydrogens (tertiary/aromatic N) is 3. The summed E-state index contributed by atoms with van der Waals surface area (Å²) in [6.45, 7) is 1.84. The van der Waals surface area contributed by atoms with E-state index in [1.165, 1.54) is 11.3 Å². The van der Waals surface area contributed by atoms with E-state index < -0.39 is 0 Å². The van der Waals surface area contributed by atoms with Crippen LogP contribution in [0.3, 0.4) is 0 Å². The molecule has 0 radical (unpaired) electrons. The second-order valence-corrected chi connectivity index (χ2v) is 6.87. The van der Waals surface area contributed by atoms with Crippen LogP contribution in [0, 0.1) is 6.92 Å². The Labute approximate surface area is 130 Å². The first-order chi connectivity index (χ1) is 10.2. The van der Waals surface area contributed by atoms with Gasteiger partial charge in [-0.25, -0.2) is 4.98 Å². The Morgan fingerprint density at radius 3 is 3.10 bits per heavy atom. The maximum absolute atomic E-state index is 12.3. The third-order valence-electron chi connectivity index (χ3n) is 2.93. The summed E-state index contributed by atoms with van der Waals surface area (Å²) in [5.41, 5.74) is 0.419. The van der Waals surface area contributed by atoms with Crippen LogP contribution in [0.25, 0.3) is 0 Å². The number of amides is 1. The summed E-state index contributed by atoms with van der Waals surface area (Å²) in [5, 5.41) is 11.8. The molecular weight excluding hydrogens is 308 g/mol.